The number of piperidine rings is 1. The third kappa shape index (κ3) is 3.64. The molecular formula is C21H26FN5O3. The van der Waals surface area contributed by atoms with Gasteiger partial charge >= 0.3 is 6.09 Å². The van der Waals surface area contributed by atoms with Crippen LogP contribution in [-0.4, -0.2) is 68.1 Å². The molecule has 2 amide bonds. The SMILES string of the molecule is Cc1ccc(-n2nccn2)c(C(=O)N2CCC3CN(C(=O)OC(C)(C)C)C3C2)c1F. The van der Waals surface area contributed by atoms with Crippen LogP contribution in [0, 0.1) is 18.7 Å². The molecule has 2 fully saturated rings. The average Bonchev–Trinajstić information content (AvgIpc) is 3.17. The second kappa shape index (κ2) is 7.37. The molecule has 0 bridgehead atoms. The lowest BCUT2D eigenvalue weighted by atomic mass is 9.82. The molecule has 30 heavy (non-hydrogen) atoms. The molecule has 3 heterocycles. The maximum atomic E-state index is 15.0. The summed E-state index contributed by atoms with van der Waals surface area (Å²) >= 11 is 0. The first kappa shape index (κ1) is 20.3. The summed E-state index contributed by atoms with van der Waals surface area (Å²) in [4.78, 5) is 30.4. The van der Waals surface area contributed by atoms with Gasteiger partial charge in [0.05, 0.1) is 18.4 Å². The number of ether oxygens (including phenoxy) is 1. The van der Waals surface area contributed by atoms with Crippen LogP contribution in [0.4, 0.5) is 9.18 Å². The molecule has 9 heteroatoms. The molecule has 0 spiro atoms. The van der Waals surface area contributed by atoms with Crippen LogP contribution in [0.2, 0.25) is 0 Å². The second-order valence-electron chi connectivity index (χ2n) is 8.91. The molecule has 4 rings (SSSR count). The summed E-state index contributed by atoms with van der Waals surface area (Å²) in [5, 5.41) is 8.10. The van der Waals surface area contributed by atoms with Crippen LogP contribution in [0.25, 0.3) is 5.69 Å². The molecule has 2 atom stereocenters. The van der Waals surface area contributed by atoms with Crippen molar-refractivity contribution in [2.24, 2.45) is 5.92 Å². The van der Waals surface area contributed by atoms with Gasteiger partial charge in [-0.3, -0.25) is 4.79 Å². The summed E-state index contributed by atoms with van der Waals surface area (Å²) in [6, 6.07) is 3.14. The number of halogens is 1. The molecule has 1 aromatic heterocycles. The Bertz CT molecular complexity index is 970. The van der Waals surface area contributed by atoms with E-state index >= 15 is 4.39 Å². The van der Waals surface area contributed by atoms with E-state index in [1.54, 1.807) is 28.9 Å². The van der Waals surface area contributed by atoms with Gasteiger partial charge in [-0.05, 0) is 45.7 Å². The molecule has 2 aliphatic heterocycles. The first-order chi connectivity index (χ1) is 14.2. The topological polar surface area (TPSA) is 80.6 Å². The highest BCUT2D eigenvalue weighted by molar-refractivity contribution is 5.98. The predicted octanol–water partition coefficient (Wildman–Crippen LogP) is 2.80. The van der Waals surface area contributed by atoms with Crippen LogP contribution < -0.4 is 0 Å². The van der Waals surface area contributed by atoms with Gasteiger partial charge < -0.3 is 14.5 Å². The fourth-order valence-corrected chi connectivity index (χ4v) is 4.05. The Hall–Kier alpha value is -2.97. The number of nitrogens with zero attached hydrogens (tertiary/aromatic N) is 5. The number of carbonyl (C=O) groups is 2. The Labute approximate surface area is 174 Å². The minimum atomic E-state index is -0.581. The molecule has 2 unspecified atom stereocenters. The number of likely N-dealkylation sites (tertiary alicyclic amines) is 2. The van der Waals surface area contributed by atoms with E-state index in [0.29, 0.717) is 36.8 Å². The van der Waals surface area contributed by atoms with E-state index in [1.807, 2.05) is 20.8 Å². The van der Waals surface area contributed by atoms with Gasteiger partial charge in [-0.15, -0.1) is 0 Å². The Balaban J connectivity index is 1.57. The van der Waals surface area contributed by atoms with E-state index in [-0.39, 0.29) is 17.7 Å². The number of amides is 2. The van der Waals surface area contributed by atoms with Crippen molar-refractivity contribution in [3.63, 3.8) is 0 Å². The molecule has 0 saturated carbocycles. The van der Waals surface area contributed by atoms with Crippen LogP contribution in [0.5, 0.6) is 0 Å². The molecule has 8 nitrogen and oxygen atoms in total. The lowest BCUT2D eigenvalue weighted by molar-refractivity contribution is -0.0546. The van der Waals surface area contributed by atoms with Crippen LogP contribution in [0.1, 0.15) is 43.1 Å². The Morgan fingerprint density at radius 2 is 1.87 bits per heavy atom. The summed E-state index contributed by atoms with van der Waals surface area (Å²) in [6.07, 6.45) is 3.34. The van der Waals surface area contributed by atoms with Crippen molar-refractivity contribution >= 4 is 12.0 Å². The number of aryl methyl sites for hydroxylation is 1. The third-order valence-electron chi connectivity index (χ3n) is 5.63. The van der Waals surface area contributed by atoms with Gasteiger partial charge in [0.15, 0.2) is 0 Å². The van der Waals surface area contributed by atoms with Gasteiger partial charge in [0.1, 0.15) is 22.7 Å². The van der Waals surface area contributed by atoms with Gasteiger partial charge in [-0.25, -0.2) is 9.18 Å². The first-order valence-electron chi connectivity index (χ1n) is 10.1. The van der Waals surface area contributed by atoms with E-state index < -0.39 is 17.3 Å². The highest BCUT2D eigenvalue weighted by Gasteiger charge is 2.47. The van der Waals surface area contributed by atoms with Gasteiger partial charge in [0.25, 0.3) is 5.91 Å². The monoisotopic (exact) mass is 415 g/mol. The predicted molar refractivity (Wildman–Crippen MR) is 107 cm³/mol. The number of hydrogen-bond acceptors (Lipinski definition) is 5. The van der Waals surface area contributed by atoms with Gasteiger partial charge in [0, 0.05) is 25.6 Å². The summed E-state index contributed by atoms with van der Waals surface area (Å²) < 4.78 is 20.5. The molecule has 2 aromatic rings. The van der Waals surface area contributed by atoms with Crippen molar-refractivity contribution in [1.82, 2.24) is 24.8 Å². The number of aromatic nitrogens is 3. The number of carbonyl (C=O) groups excluding carboxylic acids is 2. The summed E-state index contributed by atoms with van der Waals surface area (Å²) in [6.45, 7) is 8.58. The Kier molecular flexibility index (Phi) is 4.99. The second-order valence-corrected chi connectivity index (χ2v) is 8.91. The zero-order valence-electron chi connectivity index (χ0n) is 17.6. The van der Waals surface area contributed by atoms with Crippen LogP contribution in [0.3, 0.4) is 0 Å². The number of fused-ring (bicyclic) bond motifs is 1. The van der Waals surface area contributed by atoms with Gasteiger partial charge in [0.2, 0.25) is 0 Å². The lowest BCUT2D eigenvalue weighted by Gasteiger charge is -2.53. The third-order valence-corrected chi connectivity index (χ3v) is 5.63. The van der Waals surface area contributed by atoms with Crippen molar-refractivity contribution in [2.45, 2.75) is 45.8 Å². The Morgan fingerprint density at radius 3 is 2.53 bits per heavy atom. The van der Waals surface area contributed by atoms with E-state index in [0.717, 1.165) is 6.42 Å². The normalized spacial score (nSPS) is 21.1. The van der Waals surface area contributed by atoms with Crippen molar-refractivity contribution < 1.29 is 18.7 Å². The summed E-state index contributed by atoms with van der Waals surface area (Å²) in [5.41, 5.74) is 0.0479. The van der Waals surface area contributed by atoms with Crippen LogP contribution in [0.15, 0.2) is 24.5 Å². The lowest BCUT2D eigenvalue weighted by Crippen LogP contribution is -2.66. The van der Waals surface area contributed by atoms with Crippen LogP contribution >= 0.6 is 0 Å². The van der Waals surface area contributed by atoms with Gasteiger partial charge in [-0.2, -0.15) is 15.0 Å². The highest BCUT2D eigenvalue weighted by atomic mass is 19.1. The van der Waals surface area contributed by atoms with Crippen molar-refractivity contribution in [3.8, 4) is 5.69 Å². The van der Waals surface area contributed by atoms with Crippen molar-refractivity contribution in [2.75, 3.05) is 19.6 Å². The number of rotatable bonds is 2. The van der Waals surface area contributed by atoms with Crippen molar-refractivity contribution in [1.29, 1.82) is 0 Å². The zero-order chi connectivity index (χ0) is 21.6. The standard InChI is InChI=1S/C21H26FN5O3/c1-13-5-6-15(27-23-8-9-24-27)17(18(13)22)19(28)25-10-7-14-11-26(16(14)12-25)20(29)30-21(2,3)4/h5-6,8-9,14,16H,7,10-12H2,1-4H3. The molecule has 0 N–H and O–H groups in total. The maximum Gasteiger partial charge on any atom is 0.410 e. The van der Waals surface area contributed by atoms with Crippen LogP contribution in [-0.2, 0) is 4.74 Å². The fourth-order valence-electron chi connectivity index (χ4n) is 4.05. The summed E-state index contributed by atoms with van der Waals surface area (Å²) in [7, 11) is 0. The largest absolute Gasteiger partial charge is 0.444 e. The minimum absolute atomic E-state index is 0.0483. The average molecular weight is 415 g/mol. The molecule has 0 aliphatic carbocycles. The van der Waals surface area contributed by atoms with E-state index in [4.69, 9.17) is 4.74 Å². The molecule has 0 radical (unpaired) electrons. The minimum Gasteiger partial charge on any atom is -0.444 e. The number of benzene rings is 1. The molecule has 1 aromatic carbocycles. The van der Waals surface area contributed by atoms with E-state index in [1.165, 1.54) is 17.2 Å². The fraction of sp³-hybridized carbons (Fsp3) is 0.524. The smallest absolute Gasteiger partial charge is 0.410 e. The highest BCUT2D eigenvalue weighted by Crippen LogP contribution is 2.35. The molecular weight excluding hydrogens is 389 g/mol. The van der Waals surface area contributed by atoms with Crippen molar-refractivity contribution in [3.05, 3.63) is 41.5 Å². The molecule has 2 aliphatic rings. The first-order valence-corrected chi connectivity index (χ1v) is 10.1. The zero-order valence-corrected chi connectivity index (χ0v) is 17.6. The quantitative estimate of drug-likeness (QED) is 0.754. The Morgan fingerprint density at radius 1 is 1.17 bits per heavy atom. The maximum absolute atomic E-state index is 15.0. The van der Waals surface area contributed by atoms with Gasteiger partial charge in [-0.1, -0.05) is 6.07 Å². The molecule has 160 valence electrons. The summed E-state index contributed by atoms with van der Waals surface area (Å²) in [5.74, 6) is -0.663. The van der Waals surface area contributed by atoms with E-state index in [2.05, 4.69) is 10.2 Å². The number of hydrogen-bond donors (Lipinski definition) is 0. The van der Waals surface area contributed by atoms with E-state index in [9.17, 15) is 9.59 Å². The molecule has 2 saturated heterocycles.